The van der Waals surface area contributed by atoms with E-state index in [1.54, 1.807) is 35.4 Å². The SMILES string of the molecule is O=C(C=Cc1cnc2cc(Cl)ccn12)N1CCOCC1. The van der Waals surface area contributed by atoms with E-state index < -0.39 is 0 Å². The standard InChI is InChI=1S/C14H14ClN3O2/c15-11-3-4-18-12(10-16-13(18)9-11)1-2-14(19)17-5-7-20-8-6-17/h1-4,9-10H,5-8H2. The molecule has 0 radical (unpaired) electrons. The maximum atomic E-state index is 12.0. The Hall–Kier alpha value is -1.85. The second kappa shape index (κ2) is 5.64. The Labute approximate surface area is 121 Å². The van der Waals surface area contributed by atoms with E-state index in [-0.39, 0.29) is 5.91 Å². The summed E-state index contributed by atoms with van der Waals surface area (Å²) in [6, 6.07) is 3.57. The van der Waals surface area contributed by atoms with E-state index in [9.17, 15) is 4.79 Å². The van der Waals surface area contributed by atoms with Crippen LogP contribution in [0.15, 0.2) is 30.6 Å². The molecule has 0 aliphatic carbocycles. The number of morpholine rings is 1. The molecule has 6 heteroatoms. The summed E-state index contributed by atoms with van der Waals surface area (Å²) in [5, 5.41) is 0.642. The van der Waals surface area contributed by atoms with Gasteiger partial charge in [-0.05, 0) is 12.1 Å². The molecule has 1 aliphatic heterocycles. The summed E-state index contributed by atoms with van der Waals surface area (Å²) in [6.07, 6.45) is 6.90. The Bertz CT molecular complexity index is 659. The number of ether oxygens (including phenoxy) is 1. The van der Waals surface area contributed by atoms with Gasteiger partial charge in [-0.25, -0.2) is 4.98 Å². The first-order chi connectivity index (χ1) is 9.74. The molecule has 3 heterocycles. The normalized spacial score (nSPS) is 16.1. The Morgan fingerprint density at radius 1 is 1.40 bits per heavy atom. The van der Waals surface area contributed by atoms with Crippen LogP contribution in [0.2, 0.25) is 5.02 Å². The van der Waals surface area contributed by atoms with Gasteiger partial charge in [0.05, 0.1) is 25.1 Å². The van der Waals surface area contributed by atoms with Gasteiger partial charge in [0.2, 0.25) is 5.91 Å². The molecular weight excluding hydrogens is 278 g/mol. The smallest absolute Gasteiger partial charge is 0.246 e. The number of carbonyl (C=O) groups is 1. The Morgan fingerprint density at radius 2 is 2.20 bits per heavy atom. The van der Waals surface area contributed by atoms with Gasteiger partial charge in [0.1, 0.15) is 5.65 Å². The van der Waals surface area contributed by atoms with Gasteiger partial charge in [0.15, 0.2) is 0 Å². The van der Waals surface area contributed by atoms with Crippen LogP contribution in [0.3, 0.4) is 0 Å². The molecule has 104 valence electrons. The van der Waals surface area contributed by atoms with Crippen molar-refractivity contribution in [1.29, 1.82) is 0 Å². The molecule has 0 unspecified atom stereocenters. The van der Waals surface area contributed by atoms with Gasteiger partial charge in [-0.2, -0.15) is 0 Å². The van der Waals surface area contributed by atoms with E-state index in [2.05, 4.69) is 4.98 Å². The van der Waals surface area contributed by atoms with E-state index in [1.807, 2.05) is 10.6 Å². The minimum absolute atomic E-state index is 0.00258. The number of carbonyl (C=O) groups excluding carboxylic acids is 1. The summed E-state index contributed by atoms with van der Waals surface area (Å²) in [7, 11) is 0. The fourth-order valence-electron chi connectivity index (χ4n) is 2.14. The lowest BCUT2D eigenvalue weighted by Gasteiger charge is -2.25. The number of imidazole rings is 1. The third-order valence-electron chi connectivity index (χ3n) is 3.22. The van der Waals surface area contributed by atoms with Crippen molar-refractivity contribution >= 4 is 29.2 Å². The third-order valence-corrected chi connectivity index (χ3v) is 3.46. The molecule has 2 aromatic rings. The van der Waals surface area contributed by atoms with Crippen LogP contribution in [-0.4, -0.2) is 46.5 Å². The number of amides is 1. The molecule has 5 nitrogen and oxygen atoms in total. The molecular formula is C14H14ClN3O2. The molecule has 0 spiro atoms. The Morgan fingerprint density at radius 3 is 3.00 bits per heavy atom. The molecule has 0 N–H and O–H groups in total. The zero-order valence-corrected chi connectivity index (χ0v) is 11.6. The summed E-state index contributed by atoms with van der Waals surface area (Å²) >= 11 is 5.91. The summed E-state index contributed by atoms with van der Waals surface area (Å²) in [4.78, 5) is 18.0. The molecule has 1 aliphatic rings. The van der Waals surface area contributed by atoms with Gasteiger partial charge in [-0.1, -0.05) is 11.6 Å². The molecule has 3 rings (SSSR count). The molecule has 1 fully saturated rings. The molecule has 2 aromatic heterocycles. The zero-order chi connectivity index (χ0) is 13.9. The quantitative estimate of drug-likeness (QED) is 0.794. The minimum atomic E-state index is -0.00258. The highest BCUT2D eigenvalue weighted by atomic mass is 35.5. The van der Waals surface area contributed by atoms with Crippen molar-refractivity contribution in [3.8, 4) is 0 Å². The average molecular weight is 292 g/mol. The number of rotatable bonds is 2. The first-order valence-electron chi connectivity index (χ1n) is 6.41. The molecule has 1 amide bonds. The van der Waals surface area contributed by atoms with Gasteiger partial charge >= 0.3 is 0 Å². The number of fused-ring (bicyclic) bond motifs is 1. The van der Waals surface area contributed by atoms with Crippen molar-refractivity contribution < 1.29 is 9.53 Å². The minimum Gasteiger partial charge on any atom is -0.378 e. The van der Waals surface area contributed by atoms with Crippen LogP contribution >= 0.6 is 11.6 Å². The van der Waals surface area contributed by atoms with Crippen molar-refractivity contribution in [2.75, 3.05) is 26.3 Å². The summed E-state index contributed by atoms with van der Waals surface area (Å²) in [6.45, 7) is 2.50. The van der Waals surface area contributed by atoms with Crippen LogP contribution < -0.4 is 0 Å². The van der Waals surface area contributed by atoms with Gasteiger partial charge in [-0.15, -0.1) is 0 Å². The topological polar surface area (TPSA) is 46.8 Å². The second-order valence-electron chi connectivity index (χ2n) is 4.53. The fraction of sp³-hybridized carbons (Fsp3) is 0.286. The van der Waals surface area contributed by atoms with Crippen LogP contribution in [0.4, 0.5) is 0 Å². The molecule has 0 bridgehead atoms. The first kappa shape index (κ1) is 13.1. The van der Waals surface area contributed by atoms with E-state index in [0.29, 0.717) is 31.3 Å². The summed E-state index contributed by atoms with van der Waals surface area (Å²) in [5.41, 5.74) is 1.61. The van der Waals surface area contributed by atoms with Gasteiger partial charge in [0.25, 0.3) is 0 Å². The van der Waals surface area contributed by atoms with Gasteiger partial charge in [0, 0.05) is 36.5 Å². The van der Waals surface area contributed by atoms with E-state index in [4.69, 9.17) is 16.3 Å². The number of halogens is 1. The first-order valence-corrected chi connectivity index (χ1v) is 6.79. The number of hydrogen-bond donors (Lipinski definition) is 0. The van der Waals surface area contributed by atoms with Crippen LogP contribution in [0, 0.1) is 0 Å². The van der Waals surface area contributed by atoms with Crippen LogP contribution in [0.5, 0.6) is 0 Å². The van der Waals surface area contributed by atoms with Gasteiger partial charge < -0.3 is 14.0 Å². The lowest BCUT2D eigenvalue weighted by atomic mass is 10.3. The highest BCUT2D eigenvalue weighted by Crippen LogP contribution is 2.14. The molecule has 1 saturated heterocycles. The third kappa shape index (κ3) is 2.69. The fourth-order valence-corrected chi connectivity index (χ4v) is 2.30. The van der Waals surface area contributed by atoms with Crippen molar-refractivity contribution in [2.45, 2.75) is 0 Å². The lowest BCUT2D eigenvalue weighted by molar-refractivity contribution is -0.129. The van der Waals surface area contributed by atoms with Crippen molar-refractivity contribution in [3.63, 3.8) is 0 Å². The van der Waals surface area contributed by atoms with E-state index >= 15 is 0 Å². The van der Waals surface area contributed by atoms with Crippen molar-refractivity contribution in [2.24, 2.45) is 0 Å². The number of hydrogen-bond acceptors (Lipinski definition) is 3. The van der Waals surface area contributed by atoms with Gasteiger partial charge in [-0.3, -0.25) is 4.79 Å². The van der Waals surface area contributed by atoms with E-state index in [0.717, 1.165) is 11.3 Å². The highest BCUT2D eigenvalue weighted by Gasteiger charge is 2.14. The Balaban J connectivity index is 1.78. The predicted molar refractivity (Wildman–Crippen MR) is 76.6 cm³/mol. The molecule has 20 heavy (non-hydrogen) atoms. The molecule has 0 aromatic carbocycles. The maximum Gasteiger partial charge on any atom is 0.246 e. The predicted octanol–water partition coefficient (Wildman–Crippen LogP) is 1.86. The lowest BCUT2D eigenvalue weighted by Crippen LogP contribution is -2.39. The van der Waals surface area contributed by atoms with Crippen LogP contribution in [0.25, 0.3) is 11.7 Å². The second-order valence-corrected chi connectivity index (χ2v) is 4.96. The maximum absolute atomic E-state index is 12.0. The van der Waals surface area contributed by atoms with Crippen LogP contribution in [0.1, 0.15) is 5.69 Å². The summed E-state index contributed by atoms with van der Waals surface area (Å²) in [5.74, 6) is -0.00258. The monoisotopic (exact) mass is 291 g/mol. The van der Waals surface area contributed by atoms with Crippen molar-refractivity contribution in [1.82, 2.24) is 14.3 Å². The number of aromatic nitrogens is 2. The number of pyridine rings is 1. The molecule has 0 saturated carbocycles. The summed E-state index contributed by atoms with van der Waals surface area (Å²) < 4.78 is 7.11. The Kier molecular flexibility index (Phi) is 3.71. The largest absolute Gasteiger partial charge is 0.378 e. The highest BCUT2D eigenvalue weighted by molar-refractivity contribution is 6.30. The average Bonchev–Trinajstić information content (AvgIpc) is 2.88. The molecule has 0 atom stereocenters. The number of nitrogens with zero attached hydrogens (tertiary/aromatic N) is 3. The van der Waals surface area contributed by atoms with Crippen molar-refractivity contribution in [3.05, 3.63) is 41.3 Å². The van der Waals surface area contributed by atoms with E-state index in [1.165, 1.54) is 0 Å². The van der Waals surface area contributed by atoms with Crippen LogP contribution in [-0.2, 0) is 9.53 Å². The zero-order valence-electron chi connectivity index (χ0n) is 10.8.